The van der Waals surface area contributed by atoms with E-state index in [2.05, 4.69) is 10.0 Å². The molecule has 1 heterocycles. The monoisotopic (exact) mass is 201 g/mol. The fourth-order valence-electron chi connectivity index (χ4n) is 1.38. The van der Waals surface area contributed by atoms with Crippen LogP contribution in [-0.2, 0) is 0 Å². The van der Waals surface area contributed by atoms with Gasteiger partial charge < -0.3 is 4.42 Å². The number of azide groups is 1. The first-order valence-corrected chi connectivity index (χ1v) is 4.30. The smallest absolute Gasteiger partial charge is 0.336 e. The molecule has 5 nitrogen and oxygen atoms in total. The number of fused-ring (bicyclic) bond motifs is 1. The standard InChI is InChI=1S/C10H7N3O2/c1-6-2-3-7-8(12-13-11)5-10(14)15-9(7)4-6/h2-5H,1H3. The van der Waals surface area contributed by atoms with Crippen molar-refractivity contribution in [3.8, 4) is 0 Å². The Kier molecular flexibility index (Phi) is 2.15. The van der Waals surface area contributed by atoms with E-state index in [-0.39, 0.29) is 0 Å². The third kappa shape index (κ3) is 1.68. The van der Waals surface area contributed by atoms with Crippen LogP contribution >= 0.6 is 0 Å². The van der Waals surface area contributed by atoms with E-state index in [0.717, 1.165) is 5.56 Å². The van der Waals surface area contributed by atoms with Gasteiger partial charge in [-0.1, -0.05) is 17.2 Å². The van der Waals surface area contributed by atoms with Gasteiger partial charge >= 0.3 is 5.63 Å². The van der Waals surface area contributed by atoms with Crippen molar-refractivity contribution in [3.05, 3.63) is 50.7 Å². The first-order chi connectivity index (χ1) is 7.20. The lowest BCUT2D eigenvalue weighted by Gasteiger charge is -2.00. The highest BCUT2D eigenvalue weighted by Gasteiger charge is 2.03. The summed E-state index contributed by atoms with van der Waals surface area (Å²) < 4.78 is 4.99. The van der Waals surface area contributed by atoms with Crippen LogP contribution in [0.3, 0.4) is 0 Å². The number of aryl methyl sites for hydroxylation is 1. The van der Waals surface area contributed by atoms with Gasteiger partial charge in [0.2, 0.25) is 0 Å². The van der Waals surface area contributed by atoms with Crippen molar-refractivity contribution in [3.63, 3.8) is 0 Å². The number of rotatable bonds is 1. The highest BCUT2D eigenvalue weighted by atomic mass is 16.4. The van der Waals surface area contributed by atoms with Gasteiger partial charge in [-0.3, -0.25) is 0 Å². The molecule has 1 aromatic heterocycles. The number of nitrogens with zero attached hydrogens (tertiary/aromatic N) is 3. The Hall–Kier alpha value is -2.26. The second kappa shape index (κ2) is 3.48. The van der Waals surface area contributed by atoms with Crippen LogP contribution in [-0.4, -0.2) is 0 Å². The topological polar surface area (TPSA) is 79.0 Å². The maximum Gasteiger partial charge on any atom is 0.336 e. The maximum absolute atomic E-state index is 11.1. The Balaban J connectivity index is 2.92. The van der Waals surface area contributed by atoms with Gasteiger partial charge in [0.05, 0.1) is 5.69 Å². The highest BCUT2D eigenvalue weighted by molar-refractivity contribution is 5.88. The zero-order chi connectivity index (χ0) is 10.8. The largest absolute Gasteiger partial charge is 0.423 e. The van der Waals surface area contributed by atoms with Crippen LogP contribution in [0.25, 0.3) is 21.4 Å². The molecule has 15 heavy (non-hydrogen) atoms. The Morgan fingerprint density at radius 1 is 1.40 bits per heavy atom. The average molecular weight is 201 g/mol. The molecule has 5 heteroatoms. The molecule has 2 aromatic rings. The maximum atomic E-state index is 11.1. The van der Waals surface area contributed by atoms with E-state index in [1.807, 2.05) is 13.0 Å². The van der Waals surface area contributed by atoms with Crippen LogP contribution in [0.2, 0.25) is 0 Å². The van der Waals surface area contributed by atoms with E-state index in [1.54, 1.807) is 12.1 Å². The van der Waals surface area contributed by atoms with Gasteiger partial charge in [-0.2, -0.15) is 0 Å². The quantitative estimate of drug-likeness (QED) is 0.307. The zero-order valence-corrected chi connectivity index (χ0v) is 7.97. The van der Waals surface area contributed by atoms with Gasteiger partial charge in [0.25, 0.3) is 0 Å². The second-order valence-corrected chi connectivity index (χ2v) is 3.14. The van der Waals surface area contributed by atoms with Crippen LogP contribution in [0.5, 0.6) is 0 Å². The van der Waals surface area contributed by atoms with Gasteiger partial charge in [-0.15, -0.1) is 0 Å². The van der Waals surface area contributed by atoms with Crippen molar-refractivity contribution in [2.45, 2.75) is 6.92 Å². The fourth-order valence-corrected chi connectivity index (χ4v) is 1.38. The van der Waals surface area contributed by atoms with E-state index in [4.69, 9.17) is 9.95 Å². The van der Waals surface area contributed by atoms with Crippen LogP contribution in [0.1, 0.15) is 5.56 Å². The molecule has 0 saturated carbocycles. The minimum Gasteiger partial charge on any atom is -0.423 e. The molecule has 0 spiro atoms. The first-order valence-electron chi connectivity index (χ1n) is 4.30. The zero-order valence-electron chi connectivity index (χ0n) is 7.97. The molecule has 0 bridgehead atoms. The number of benzene rings is 1. The third-order valence-electron chi connectivity index (χ3n) is 2.03. The molecule has 1 aromatic carbocycles. The van der Waals surface area contributed by atoms with Crippen molar-refractivity contribution in [2.75, 3.05) is 0 Å². The van der Waals surface area contributed by atoms with Crippen molar-refractivity contribution in [1.29, 1.82) is 0 Å². The molecule has 0 atom stereocenters. The second-order valence-electron chi connectivity index (χ2n) is 3.14. The molecule has 0 unspecified atom stereocenters. The SMILES string of the molecule is Cc1ccc2c(N=[N+]=[N-])cc(=O)oc2c1. The third-order valence-corrected chi connectivity index (χ3v) is 2.03. The molecule has 0 fully saturated rings. The normalized spacial score (nSPS) is 9.93. The molecule has 74 valence electrons. The number of hydrogen-bond donors (Lipinski definition) is 0. The predicted molar refractivity (Wildman–Crippen MR) is 56.0 cm³/mol. The van der Waals surface area contributed by atoms with Gasteiger partial charge in [0.1, 0.15) is 5.58 Å². The van der Waals surface area contributed by atoms with Crippen LogP contribution in [0, 0.1) is 6.92 Å². The molecule has 0 aliphatic rings. The van der Waals surface area contributed by atoms with Gasteiger partial charge in [-0.05, 0) is 24.1 Å². The summed E-state index contributed by atoms with van der Waals surface area (Å²) in [5.41, 5.74) is 9.54. The lowest BCUT2D eigenvalue weighted by atomic mass is 10.1. The van der Waals surface area contributed by atoms with Crippen molar-refractivity contribution in [2.24, 2.45) is 5.11 Å². The van der Waals surface area contributed by atoms with E-state index in [0.29, 0.717) is 16.7 Å². The van der Waals surface area contributed by atoms with Crippen LogP contribution in [0.15, 0.2) is 38.6 Å². The molecule has 0 amide bonds. The summed E-state index contributed by atoms with van der Waals surface area (Å²) in [6.07, 6.45) is 0. The molecule has 0 saturated heterocycles. The lowest BCUT2D eigenvalue weighted by Crippen LogP contribution is -1.95. The molecular formula is C10H7N3O2. The molecule has 0 N–H and O–H groups in total. The average Bonchev–Trinajstić information content (AvgIpc) is 2.17. The van der Waals surface area contributed by atoms with E-state index in [9.17, 15) is 4.79 Å². The summed E-state index contributed by atoms with van der Waals surface area (Å²) in [4.78, 5) is 13.8. The fraction of sp³-hybridized carbons (Fsp3) is 0.100. The summed E-state index contributed by atoms with van der Waals surface area (Å²) in [5, 5.41) is 4.08. The van der Waals surface area contributed by atoms with Crippen molar-refractivity contribution >= 4 is 16.7 Å². The Morgan fingerprint density at radius 3 is 2.93 bits per heavy atom. The summed E-state index contributed by atoms with van der Waals surface area (Å²) in [6.45, 7) is 1.89. The lowest BCUT2D eigenvalue weighted by molar-refractivity contribution is 0.561. The van der Waals surface area contributed by atoms with Crippen LogP contribution < -0.4 is 5.63 Å². The minimum absolute atomic E-state index is 0.295. The number of hydrogen-bond acceptors (Lipinski definition) is 3. The Morgan fingerprint density at radius 2 is 2.20 bits per heavy atom. The molecule has 0 aliphatic carbocycles. The summed E-state index contributed by atoms with van der Waals surface area (Å²) in [6, 6.07) is 6.53. The van der Waals surface area contributed by atoms with Crippen LogP contribution in [0.4, 0.5) is 5.69 Å². The molecule has 0 radical (unpaired) electrons. The van der Waals surface area contributed by atoms with E-state index >= 15 is 0 Å². The summed E-state index contributed by atoms with van der Waals surface area (Å²) in [7, 11) is 0. The van der Waals surface area contributed by atoms with Gasteiger partial charge in [-0.25, -0.2) is 4.79 Å². The van der Waals surface area contributed by atoms with Gasteiger partial charge in [0, 0.05) is 16.4 Å². The van der Waals surface area contributed by atoms with Crippen molar-refractivity contribution < 1.29 is 4.42 Å². The molecule has 0 aliphatic heterocycles. The predicted octanol–water partition coefficient (Wildman–Crippen LogP) is 3.04. The van der Waals surface area contributed by atoms with Crippen molar-refractivity contribution in [1.82, 2.24) is 0 Å². The summed E-state index contributed by atoms with van der Waals surface area (Å²) >= 11 is 0. The minimum atomic E-state index is -0.518. The first kappa shape index (κ1) is 9.30. The molecule has 2 rings (SSSR count). The Labute approximate surface area is 84.6 Å². The summed E-state index contributed by atoms with van der Waals surface area (Å²) in [5.74, 6) is 0. The highest BCUT2D eigenvalue weighted by Crippen LogP contribution is 2.24. The van der Waals surface area contributed by atoms with Gasteiger partial charge in [0.15, 0.2) is 0 Å². The van der Waals surface area contributed by atoms with E-state index in [1.165, 1.54) is 6.07 Å². The molecular weight excluding hydrogens is 194 g/mol. The van der Waals surface area contributed by atoms with E-state index < -0.39 is 5.63 Å². The Bertz CT molecular complexity index is 624.